The van der Waals surface area contributed by atoms with Gasteiger partial charge in [0.15, 0.2) is 0 Å². The van der Waals surface area contributed by atoms with E-state index in [1.54, 1.807) is 11.0 Å². The predicted molar refractivity (Wildman–Crippen MR) is 93.8 cm³/mol. The van der Waals surface area contributed by atoms with Gasteiger partial charge in [0.05, 0.1) is 19.3 Å². The van der Waals surface area contributed by atoms with Crippen LogP contribution in [0.5, 0.6) is 0 Å². The van der Waals surface area contributed by atoms with Gasteiger partial charge in [-0.05, 0) is 39.3 Å². The maximum atomic E-state index is 13.0. The van der Waals surface area contributed by atoms with Crippen LogP contribution in [0.25, 0.3) is 0 Å². The predicted octanol–water partition coefficient (Wildman–Crippen LogP) is 2.87. The van der Waals surface area contributed by atoms with Crippen molar-refractivity contribution < 1.29 is 19.1 Å². The zero-order valence-electron chi connectivity index (χ0n) is 15.2. The number of amides is 1. The van der Waals surface area contributed by atoms with Gasteiger partial charge in [0.2, 0.25) is 0 Å². The molecule has 1 fully saturated rings. The number of rotatable bonds is 3. The van der Waals surface area contributed by atoms with Crippen LogP contribution in [0.15, 0.2) is 42.0 Å². The van der Waals surface area contributed by atoms with E-state index in [1.165, 1.54) is 0 Å². The largest absolute Gasteiger partial charge is 0.459 e. The highest BCUT2D eigenvalue weighted by Crippen LogP contribution is 2.44. The minimum absolute atomic E-state index is 0.106. The smallest absolute Gasteiger partial charge is 0.321 e. The molecule has 1 aromatic rings. The fourth-order valence-corrected chi connectivity index (χ4v) is 3.42. The molecule has 0 saturated carbocycles. The number of carbonyl (C=O) groups excluding carboxylic acids is 2. The third-order valence-electron chi connectivity index (χ3n) is 4.74. The zero-order valence-corrected chi connectivity index (χ0v) is 15.2. The van der Waals surface area contributed by atoms with Gasteiger partial charge in [0, 0.05) is 12.1 Å². The van der Waals surface area contributed by atoms with Gasteiger partial charge in [-0.1, -0.05) is 30.3 Å². The molecule has 1 amide bonds. The van der Waals surface area contributed by atoms with Gasteiger partial charge in [-0.3, -0.25) is 9.59 Å². The summed E-state index contributed by atoms with van der Waals surface area (Å²) >= 11 is 0. The Balaban J connectivity index is 1.94. The molecular weight excluding hydrogens is 318 g/mol. The number of fused-ring (bicyclic) bond motifs is 1. The Morgan fingerprint density at radius 2 is 1.96 bits per heavy atom. The second kappa shape index (κ2) is 6.30. The lowest BCUT2D eigenvalue weighted by Crippen LogP contribution is -2.45. The molecule has 0 aliphatic carbocycles. The van der Waals surface area contributed by atoms with E-state index >= 15 is 0 Å². The van der Waals surface area contributed by atoms with Crippen LogP contribution in [0, 0.1) is 5.41 Å². The number of benzene rings is 1. The lowest BCUT2D eigenvalue weighted by Gasteiger charge is -2.33. The van der Waals surface area contributed by atoms with Crippen molar-refractivity contribution in [3.05, 3.63) is 47.5 Å². The minimum Gasteiger partial charge on any atom is -0.459 e. The molecule has 134 valence electrons. The van der Waals surface area contributed by atoms with Gasteiger partial charge in [0.25, 0.3) is 5.91 Å². The minimum atomic E-state index is -1.04. The molecule has 0 N–H and O–H groups in total. The standard InChI is InChI=1S/C20H25NO4/c1-14(15-8-6-5-7-9-15)21-12-20(18(23)25-19(2,3)4)13-24-11-10-16(20)17(21)22/h5-10,14H,11-13H2,1-4H3/t14-,20+/m1/s1. The molecule has 25 heavy (non-hydrogen) atoms. The summed E-state index contributed by atoms with van der Waals surface area (Å²) in [5, 5.41) is 0. The zero-order chi connectivity index (χ0) is 18.2. The normalized spacial score (nSPS) is 24.6. The van der Waals surface area contributed by atoms with Crippen molar-refractivity contribution in [3.63, 3.8) is 0 Å². The molecule has 5 heteroatoms. The maximum Gasteiger partial charge on any atom is 0.321 e. The molecule has 0 aromatic heterocycles. The molecule has 1 aromatic carbocycles. The van der Waals surface area contributed by atoms with Crippen LogP contribution in [-0.4, -0.2) is 42.1 Å². The third-order valence-corrected chi connectivity index (χ3v) is 4.74. The molecule has 2 aliphatic rings. The van der Waals surface area contributed by atoms with Crippen LogP contribution in [0.1, 0.15) is 39.3 Å². The summed E-state index contributed by atoms with van der Waals surface area (Å²) in [4.78, 5) is 27.7. The lowest BCUT2D eigenvalue weighted by atomic mass is 9.81. The molecule has 0 spiro atoms. The Bertz CT molecular complexity index is 704. The number of hydrogen-bond acceptors (Lipinski definition) is 4. The highest BCUT2D eigenvalue weighted by Gasteiger charge is 2.57. The first-order valence-corrected chi connectivity index (χ1v) is 8.62. The van der Waals surface area contributed by atoms with Crippen molar-refractivity contribution in [2.24, 2.45) is 5.41 Å². The molecule has 0 unspecified atom stereocenters. The fourth-order valence-electron chi connectivity index (χ4n) is 3.42. The second-order valence-electron chi connectivity index (χ2n) is 7.74. The van der Waals surface area contributed by atoms with Crippen molar-refractivity contribution >= 4 is 11.9 Å². The van der Waals surface area contributed by atoms with Gasteiger partial charge in [-0.2, -0.15) is 0 Å². The van der Waals surface area contributed by atoms with Crippen LogP contribution >= 0.6 is 0 Å². The summed E-state index contributed by atoms with van der Waals surface area (Å²) in [5.74, 6) is -0.493. The lowest BCUT2D eigenvalue weighted by molar-refractivity contribution is -0.168. The highest BCUT2D eigenvalue weighted by atomic mass is 16.6. The number of carbonyl (C=O) groups is 2. The van der Waals surface area contributed by atoms with Crippen LogP contribution in [0.2, 0.25) is 0 Å². The third kappa shape index (κ3) is 3.21. The summed E-state index contributed by atoms with van der Waals surface area (Å²) in [5.41, 5.74) is -0.104. The van der Waals surface area contributed by atoms with Crippen molar-refractivity contribution in [1.29, 1.82) is 0 Å². The van der Waals surface area contributed by atoms with E-state index in [4.69, 9.17) is 9.47 Å². The Labute approximate surface area is 148 Å². The average molecular weight is 343 g/mol. The number of nitrogens with zero attached hydrogens (tertiary/aromatic N) is 1. The monoisotopic (exact) mass is 343 g/mol. The van der Waals surface area contributed by atoms with Gasteiger partial charge in [-0.25, -0.2) is 0 Å². The molecule has 2 aliphatic heterocycles. The SMILES string of the molecule is C[C@H](c1ccccc1)N1C[C@]2(C(=O)OC(C)(C)C)COCC=C2C1=O. The Kier molecular flexibility index (Phi) is 4.45. The van der Waals surface area contributed by atoms with Gasteiger partial charge in [-0.15, -0.1) is 0 Å². The molecule has 3 rings (SSSR count). The highest BCUT2D eigenvalue weighted by molar-refractivity contribution is 6.05. The van der Waals surface area contributed by atoms with Crippen molar-refractivity contribution in [3.8, 4) is 0 Å². The van der Waals surface area contributed by atoms with E-state index in [-0.39, 0.29) is 31.1 Å². The first-order chi connectivity index (χ1) is 11.7. The van der Waals surface area contributed by atoms with E-state index in [2.05, 4.69) is 0 Å². The van der Waals surface area contributed by atoms with Crippen LogP contribution in [0.4, 0.5) is 0 Å². The topological polar surface area (TPSA) is 55.8 Å². The molecule has 1 saturated heterocycles. The molecular formula is C20H25NO4. The van der Waals surface area contributed by atoms with Gasteiger partial charge < -0.3 is 14.4 Å². The van der Waals surface area contributed by atoms with E-state index in [9.17, 15) is 9.59 Å². The van der Waals surface area contributed by atoms with Gasteiger partial charge in [0.1, 0.15) is 11.0 Å². The summed E-state index contributed by atoms with van der Waals surface area (Å²) in [7, 11) is 0. The van der Waals surface area contributed by atoms with E-state index in [0.717, 1.165) is 5.56 Å². The number of likely N-dealkylation sites (tertiary alicyclic amines) is 1. The van der Waals surface area contributed by atoms with Gasteiger partial charge >= 0.3 is 5.97 Å². The number of esters is 1. The Morgan fingerprint density at radius 1 is 1.28 bits per heavy atom. The van der Waals surface area contributed by atoms with E-state index < -0.39 is 11.0 Å². The first kappa shape index (κ1) is 17.7. The van der Waals surface area contributed by atoms with Crippen LogP contribution < -0.4 is 0 Å². The quantitative estimate of drug-likeness (QED) is 0.792. The molecule has 2 atom stereocenters. The molecule has 0 radical (unpaired) electrons. The maximum absolute atomic E-state index is 13.0. The summed E-state index contributed by atoms with van der Waals surface area (Å²) in [6, 6.07) is 9.70. The Morgan fingerprint density at radius 3 is 2.60 bits per heavy atom. The van der Waals surface area contributed by atoms with Crippen molar-refractivity contribution in [1.82, 2.24) is 4.90 Å². The average Bonchev–Trinajstić information content (AvgIpc) is 2.88. The molecule has 0 bridgehead atoms. The molecule has 5 nitrogen and oxygen atoms in total. The second-order valence-corrected chi connectivity index (χ2v) is 7.74. The molecule has 2 heterocycles. The van der Waals surface area contributed by atoms with Crippen molar-refractivity contribution in [2.45, 2.75) is 39.3 Å². The number of hydrogen-bond donors (Lipinski definition) is 0. The van der Waals surface area contributed by atoms with Crippen molar-refractivity contribution in [2.75, 3.05) is 19.8 Å². The fraction of sp³-hybridized carbons (Fsp3) is 0.500. The van der Waals surface area contributed by atoms with E-state index in [0.29, 0.717) is 12.2 Å². The Hall–Kier alpha value is -2.14. The first-order valence-electron chi connectivity index (χ1n) is 8.62. The van der Waals surface area contributed by atoms with Crippen LogP contribution in [-0.2, 0) is 19.1 Å². The summed E-state index contributed by atoms with van der Waals surface area (Å²) < 4.78 is 11.2. The summed E-state index contributed by atoms with van der Waals surface area (Å²) in [6.45, 7) is 8.27. The number of ether oxygens (including phenoxy) is 2. The van der Waals surface area contributed by atoms with Crippen LogP contribution in [0.3, 0.4) is 0 Å². The van der Waals surface area contributed by atoms with E-state index in [1.807, 2.05) is 58.0 Å². The summed E-state index contributed by atoms with van der Waals surface area (Å²) in [6.07, 6.45) is 1.73.